The minimum atomic E-state index is -0.262. The molecule has 0 spiro atoms. The topological polar surface area (TPSA) is 59.7 Å². The number of halogens is 1. The van der Waals surface area contributed by atoms with Crippen LogP contribution in [-0.4, -0.2) is 38.1 Å². The molecule has 30 heavy (non-hydrogen) atoms. The van der Waals surface area contributed by atoms with Gasteiger partial charge in [0.25, 0.3) is 0 Å². The van der Waals surface area contributed by atoms with E-state index in [-0.39, 0.29) is 5.82 Å². The van der Waals surface area contributed by atoms with Gasteiger partial charge in [0.1, 0.15) is 17.5 Å². The van der Waals surface area contributed by atoms with E-state index in [1.54, 1.807) is 6.07 Å². The van der Waals surface area contributed by atoms with Crippen LogP contribution in [0.3, 0.4) is 0 Å². The first kappa shape index (κ1) is 19.2. The van der Waals surface area contributed by atoms with E-state index >= 15 is 0 Å². The Balaban J connectivity index is 1.38. The average Bonchev–Trinajstić information content (AvgIpc) is 3.02. The Kier molecular flexibility index (Phi) is 5.19. The third-order valence-electron chi connectivity index (χ3n) is 6.30. The van der Waals surface area contributed by atoms with Crippen LogP contribution >= 0.6 is 0 Å². The molecule has 0 unspecified atom stereocenters. The van der Waals surface area contributed by atoms with Crippen LogP contribution in [0.15, 0.2) is 30.3 Å². The average molecular weight is 407 g/mol. The van der Waals surface area contributed by atoms with Gasteiger partial charge in [-0.15, -0.1) is 20.4 Å². The molecule has 1 saturated heterocycles. The van der Waals surface area contributed by atoms with Gasteiger partial charge in [-0.05, 0) is 56.4 Å². The normalized spacial score (nSPS) is 19.4. The van der Waals surface area contributed by atoms with Crippen molar-refractivity contribution < 1.29 is 4.39 Å². The number of nitrogens with zero attached hydrogens (tertiary/aromatic N) is 6. The molecule has 0 N–H and O–H groups in total. The molecule has 7 heteroatoms. The zero-order valence-electron chi connectivity index (χ0n) is 17.4. The molecule has 0 saturated carbocycles. The zero-order chi connectivity index (χ0) is 20.5. The van der Waals surface area contributed by atoms with Gasteiger partial charge in [-0.2, -0.15) is 0 Å². The van der Waals surface area contributed by atoms with E-state index in [2.05, 4.69) is 36.8 Å². The van der Waals surface area contributed by atoms with E-state index in [4.69, 9.17) is 0 Å². The largest absolute Gasteiger partial charge is 0.354 e. The summed E-state index contributed by atoms with van der Waals surface area (Å²) in [5, 5.41) is 18.0. The van der Waals surface area contributed by atoms with Crippen molar-refractivity contribution in [3.63, 3.8) is 0 Å². The molecule has 1 atom stereocenters. The molecule has 1 aromatic carbocycles. The van der Waals surface area contributed by atoms with Crippen molar-refractivity contribution in [1.82, 2.24) is 25.0 Å². The van der Waals surface area contributed by atoms with E-state index in [0.29, 0.717) is 11.6 Å². The lowest BCUT2D eigenvalue weighted by atomic mass is 9.96. The lowest BCUT2D eigenvalue weighted by Crippen LogP contribution is -2.36. The molecular weight excluding hydrogens is 379 g/mol. The van der Waals surface area contributed by atoms with Crippen LogP contribution in [0.25, 0.3) is 11.3 Å². The highest BCUT2D eigenvalue weighted by Gasteiger charge is 2.28. The fourth-order valence-electron chi connectivity index (χ4n) is 4.77. The number of piperidine rings is 1. The van der Waals surface area contributed by atoms with Crippen molar-refractivity contribution >= 4 is 5.82 Å². The van der Waals surface area contributed by atoms with E-state index in [1.165, 1.54) is 31.4 Å². The van der Waals surface area contributed by atoms with Crippen LogP contribution in [-0.2, 0) is 13.0 Å². The SMILES string of the molecule is Cc1cc(-c2cccc(F)c2)nnc1N1CCC[C@H](c2nnc3n2CCCCC3)C1. The highest BCUT2D eigenvalue weighted by molar-refractivity contribution is 5.62. The predicted octanol–water partition coefficient (Wildman–Crippen LogP) is 4.29. The first-order valence-electron chi connectivity index (χ1n) is 11.0. The van der Waals surface area contributed by atoms with Gasteiger partial charge in [0, 0.05) is 37.5 Å². The lowest BCUT2D eigenvalue weighted by Gasteiger charge is -2.33. The van der Waals surface area contributed by atoms with Crippen molar-refractivity contribution in [2.75, 3.05) is 18.0 Å². The number of hydrogen-bond donors (Lipinski definition) is 0. The van der Waals surface area contributed by atoms with Crippen LogP contribution in [0.2, 0.25) is 0 Å². The quantitative estimate of drug-likeness (QED) is 0.649. The van der Waals surface area contributed by atoms with Gasteiger partial charge < -0.3 is 9.47 Å². The Labute approximate surface area is 176 Å². The van der Waals surface area contributed by atoms with Crippen LogP contribution in [0.4, 0.5) is 10.2 Å². The molecule has 5 rings (SSSR count). The summed E-state index contributed by atoms with van der Waals surface area (Å²) in [6.45, 7) is 4.94. The van der Waals surface area contributed by atoms with Crippen LogP contribution in [0, 0.1) is 12.7 Å². The van der Waals surface area contributed by atoms with E-state index < -0.39 is 0 Å². The van der Waals surface area contributed by atoms with Crippen molar-refractivity contribution in [3.05, 3.63) is 53.4 Å². The van der Waals surface area contributed by atoms with Crippen LogP contribution < -0.4 is 4.90 Å². The minimum absolute atomic E-state index is 0.262. The number of rotatable bonds is 3. The molecule has 2 aliphatic rings. The molecule has 2 aromatic heterocycles. The van der Waals surface area contributed by atoms with Gasteiger partial charge in [0.2, 0.25) is 0 Å². The monoisotopic (exact) mass is 406 g/mol. The van der Waals surface area contributed by atoms with E-state index in [0.717, 1.165) is 67.5 Å². The molecule has 0 bridgehead atoms. The summed E-state index contributed by atoms with van der Waals surface area (Å²) in [6.07, 6.45) is 6.95. The second kappa shape index (κ2) is 8.13. The number of hydrogen-bond acceptors (Lipinski definition) is 5. The first-order valence-corrected chi connectivity index (χ1v) is 11.0. The van der Waals surface area contributed by atoms with Gasteiger partial charge >= 0.3 is 0 Å². The Morgan fingerprint density at radius 2 is 1.90 bits per heavy atom. The van der Waals surface area contributed by atoms with Crippen molar-refractivity contribution in [3.8, 4) is 11.3 Å². The molecule has 0 radical (unpaired) electrons. The van der Waals surface area contributed by atoms with Crippen LogP contribution in [0.1, 0.15) is 55.2 Å². The maximum absolute atomic E-state index is 13.6. The lowest BCUT2D eigenvalue weighted by molar-refractivity contribution is 0.462. The van der Waals surface area contributed by atoms with Gasteiger partial charge in [-0.3, -0.25) is 0 Å². The summed E-state index contributed by atoms with van der Waals surface area (Å²) >= 11 is 0. The van der Waals surface area contributed by atoms with E-state index in [9.17, 15) is 4.39 Å². The number of aromatic nitrogens is 5. The second-order valence-electron chi connectivity index (χ2n) is 8.47. The molecular formula is C23H27FN6. The minimum Gasteiger partial charge on any atom is -0.354 e. The summed E-state index contributed by atoms with van der Waals surface area (Å²) < 4.78 is 15.9. The number of fused-ring (bicyclic) bond motifs is 1. The Hall–Kier alpha value is -2.83. The molecule has 1 fully saturated rings. The molecule has 0 amide bonds. The van der Waals surface area contributed by atoms with Crippen LogP contribution in [0.5, 0.6) is 0 Å². The van der Waals surface area contributed by atoms with E-state index in [1.807, 2.05) is 12.1 Å². The third-order valence-corrected chi connectivity index (χ3v) is 6.30. The number of benzene rings is 1. The maximum atomic E-state index is 13.6. The van der Waals surface area contributed by atoms with Gasteiger partial charge in [0.05, 0.1) is 5.69 Å². The summed E-state index contributed by atoms with van der Waals surface area (Å²) in [6, 6.07) is 8.50. The summed E-state index contributed by atoms with van der Waals surface area (Å²) in [5.41, 5.74) is 2.51. The predicted molar refractivity (Wildman–Crippen MR) is 114 cm³/mol. The molecule has 0 aliphatic carbocycles. The Morgan fingerprint density at radius 3 is 2.77 bits per heavy atom. The van der Waals surface area contributed by atoms with Gasteiger partial charge in [-0.25, -0.2) is 4.39 Å². The molecule has 4 heterocycles. The molecule has 156 valence electrons. The zero-order valence-corrected chi connectivity index (χ0v) is 17.4. The fraction of sp³-hybridized carbons (Fsp3) is 0.478. The molecule has 2 aliphatic heterocycles. The van der Waals surface area contributed by atoms with Gasteiger partial charge in [0.15, 0.2) is 5.82 Å². The summed E-state index contributed by atoms with van der Waals surface area (Å²) in [5.74, 6) is 3.30. The summed E-state index contributed by atoms with van der Waals surface area (Å²) in [4.78, 5) is 2.32. The highest BCUT2D eigenvalue weighted by Crippen LogP contribution is 2.31. The smallest absolute Gasteiger partial charge is 0.154 e. The van der Waals surface area contributed by atoms with Gasteiger partial charge in [-0.1, -0.05) is 18.6 Å². The van der Waals surface area contributed by atoms with Crippen molar-refractivity contribution in [1.29, 1.82) is 0 Å². The number of aryl methyl sites for hydroxylation is 2. The number of anilines is 1. The van der Waals surface area contributed by atoms with Crippen molar-refractivity contribution in [2.45, 2.75) is 57.9 Å². The fourth-order valence-corrected chi connectivity index (χ4v) is 4.77. The first-order chi connectivity index (χ1) is 14.7. The molecule has 6 nitrogen and oxygen atoms in total. The summed E-state index contributed by atoms with van der Waals surface area (Å²) in [7, 11) is 0. The Morgan fingerprint density at radius 1 is 0.967 bits per heavy atom. The third kappa shape index (κ3) is 3.68. The standard InChI is InChI=1S/C23H27FN6/c1-16-13-20(17-7-5-9-19(24)14-17)25-27-22(16)29-11-6-8-18(15-29)23-28-26-21-10-3-2-4-12-30(21)23/h5,7,9,13-14,18H,2-4,6,8,10-12,15H2,1H3/t18-/m0/s1. The highest BCUT2D eigenvalue weighted by atomic mass is 19.1. The maximum Gasteiger partial charge on any atom is 0.154 e. The second-order valence-corrected chi connectivity index (χ2v) is 8.47. The Bertz CT molecular complexity index is 1050. The van der Waals surface area contributed by atoms with Crippen molar-refractivity contribution in [2.24, 2.45) is 0 Å². The molecule has 3 aromatic rings.